The Kier molecular flexibility index (Phi) is 4.62. The molecule has 0 unspecified atom stereocenters. The topological polar surface area (TPSA) is 70.4 Å². The molecule has 1 aliphatic heterocycles. The van der Waals surface area contributed by atoms with Crippen molar-refractivity contribution in [2.24, 2.45) is 5.92 Å². The van der Waals surface area contributed by atoms with Gasteiger partial charge < -0.3 is 9.64 Å². The lowest BCUT2D eigenvalue weighted by Crippen LogP contribution is -2.30. The second-order valence-electron chi connectivity index (χ2n) is 5.41. The highest BCUT2D eigenvalue weighted by atomic mass is 16.5. The van der Waals surface area contributed by atoms with Gasteiger partial charge in [0.15, 0.2) is 5.57 Å². The van der Waals surface area contributed by atoms with E-state index in [1.807, 2.05) is 32.0 Å². The van der Waals surface area contributed by atoms with Crippen molar-refractivity contribution >= 4 is 23.1 Å². The van der Waals surface area contributed by atoms with E-state index >= 15 is 0 Å². The monoisotopic (exact) mass is 298 g/mol. The van der Waals surface area contributed by atoms with Gasteiger partial charge in [0.1, 0.15) is 6.07 Å². The highest BCUT2D eigenvalue weighted by molar-refractivity contribution is 6.36. The van der Waals surface area contributed by atoms with Gasteiger partial charge in [0.25, 0.3) is 5.91 Å². The first-order chi connectivity index (χ1) is 10.5. The number of ether oxygens (including phenoxy) is 1. The Morgan fingerprint density at radius 2 is 2.05 bits per heavy atom. The summed E-state index contributed by atoms with van der Waals surface area (Å²) in [4.78, 5) is 26.3. The fourth-order valence-corrected chi connectivity index (χ4v) is 2.47. The van der Waals surface area contributed by atoms with E-state index in [4.69, 9.17) is 4.74 Å². The number of benzene rings is 1. The first kappa shape index (κ1) is 15.8. The van der Waals surface area contributed by atoms with Crippen LogP contribution in [-0.4, -0.2) is 25.0 Å². The summed E-state index contributed by atoms with van der Waals surface area (Å²) in [5.74, 6) is -0.807. The average molecular weight is 298 g/mol. The van der Waals surface area contributed by atoms with Gasteiger partial charge in [-0.05, 0) is 18.9 Å². The summed E-state index contributed by atoms with van der Waals surface area (Å²) in [7, 11) is 0. The predicted octanol–water partition coefficient (Wildman–Crippen LogP) is 2.53. The average Bonchev–Trinajstić information content (AvgIpc) is 2.74. The highest BCUT2D eigenvalue weighted by Crippen LogP contribution is 2.38. The third-order valence-electron chi connectivity index (χ3n) is 3.31. The molecule has 0 saturated heterocycles. The Hall–Kier alpha value is -2.61. The van der Waals surface area contributed by atoms with Crippen LogP contribution in [0.25, 0.3) is 5.57 Å². The molecule has 1 aromatic carbocycles. The molecule has 5 heteroatoms. The lowest BCUT2D eigenvalue weighted by Gasteiger charge is -2.19. The van der Waals surface area contributed by atoms with Gasteiger partial charge in [-0.3, -0.25) is 4.79 Å². The van der Waals surface area contributed by atoms with Crippen LogP contribution in [0.4, 0.5) is 5.69 Å². The third kappa shape index (κ3) is 2.73. The van der Waals surface area contributed by atoms with Crippen LogP contribution in [0.3, 0.4) is 0 Å². The quantitative estimate of drug-likeness (QED) is 0.486. The molecule has 1 heterocycles. The van der Waals surface area contributed by atoms with E-state index in [-0.39, 0.29) is 29.6 Å². The minimum absolute atomic E-state index is 0.136. The number of nitriles is 1. The minimum Gasteiger partial charge on any atom is -0.462 e. The van der Waals surface area contributed by atoms with Gasteiger partial charge in [-0.25, -0.2) is 4.79 Å². The number of carbonyl (C=O) groups is 2. The van der Waals surface area contributed by atoms with E-state index in [0.717, 1.165) is 5.69 Å². The molecule has 0 saturated carbocycles. The normalized spacial score (nSPS) is 15.6. The van der Waals surface area contributed by atoms with Crippen molar-refractivity contribution in [1.82, 2.24) is 0 Å². The van der Waals surface area contributed by atoms with Crippen LogP contribution in [0.15, 0.2) is 29.8 Å². The molecule has 0 spiro atoms. The number of fused-ring (bicyclic) bond motifs is 1. The standard InChI is InChI=1S/C17H18N2O3/c1-4-22-17(21)13(9-18)15-12-7-5-6-8-14(12)19(16(15)20)10-11(2)3/h5-8,11H,4,10H2,1-3H3/b15-13+. The van der Waals surface area contributed by atoms with E-state index in [2.05, 4.69) is 0 Å². The van der Waals surface area contributed by atoms with Gasteiger partial charge in [0, 0.05) is 12.1 Å². The van der Waals surface area contributed by atoms with Crippen LogP contribution in [0.2, 0.25) is 0 Å². The molecule has 114 valence electrons. The highest BCUT2D eigenvalue weighted by Gasteiger charge is 2.36. The number of rotatable bonds is 4. The van der Waals surface area contributed by atoms with Gasteiger partial charge in [-0.2, -0.15) is 5.26 Å². The second-order valence-corrected chi connectivity index (χ2v) is 5.41. The SMILES string of the molecule is CCOC(=O)/C(C#N)=C1/C(=O)N(CC(C)C)c2ccccc21. The van der Waals surface area contributed by atoms with Crippen LogP contribution in [0, 0.1) is 17.2 Å². The molecule has 5 nitrogen and oxygen atoms in total. The van der Waals surface area contributed by atoms with Crippen molar-refractivity contribution in [2.45, 2.75) is 20.8 Å². The summed E-state index contributed by atoms with van der Waals surface area (Å²) in [6.45, 7) is 6.36. The van der Waals surface area contributed by atoms with E-state index in [1.54, 1.807) is 24.0 Å². The molecule has 1 aromatic rings. The predicted molar refractivity (Wildman–Crippen MR) is 82.8 cm³/mol. The first-order valence-corrected chi connectivity index (χ1v) is 7.24. The van der Waals surface area contributed by atoms with Crippen molar-refractivity contribution in [2.75, 3.05) is 18.1 Å². The van der Waals surface area contributed by atoms with E-state index in [9.17, 15) is 14.9 Å². The summed E-state index contributed by atoms with van der Waals surface area (Å²) in [6.07, 6.45) is 0. The zero-order valence-corrected chi connectivity index (χ0v) is 12.9. The molecular formula is C17H18N2O3. The smallest absolute Gasteiger partial charge is 0.349 e. The number of anilines is 1. The summed E-state index contributed by atoms with van der Waals surface area (Å²) < 4.78 is 4.90. The minimum atomic E-state index is -0.755. The molecule has 0 aliphatic carbocycles. The number of hydrogen-bond donors (Lipinski definition) is 0. The van der Waals surface area contributed by atoms with Crippen LogP contribution in [-0.2, 0) is 14.3 Å². The van der Waals surface area contributed by atoms with Crippen LogP contribution >= 0.6 is 0 Å². The summed E-state index contributed by atoms with van der Waals surface area (Å²) >= 11 is 0. The van der Waals surface area contributed by atoms with Crippen molar-refractivity contribution in [3.63, 3.8) is 0 Å². The molecule has 0 aromatic heterocycles. The lowest BCUT2D eigenvalue weighted by molar-refractivity contribution is -0.138. The van der Waals surface area contributed by atoms with Crippen LogP contribution < -0.4 is 4.90 Å². The molecule has 1 amide bonds. The molecule has 0 fully saturated rings. The molecular weight excluding hydrogens is 280 g/mol. The molecule has 2 rings (SSSR count). The third-order valence-corrected chi connectivity index (χ3v) is 3.31. The summed E-state index contributed by atoms with van der Waals surface area (Å²) in [5.41, 5.74) is 1.24. The van der Waals surface area contributed by atoms with Crippen LogP contribution in [0.1, 0.15) is 26.3 Å². The van der Waals surface area contributed by atoms with E-state index < -0.39 is 5.97 Å². The molecule has 0 bridgehead atoms. The Morgan fingerprint density at radius 1 is 1.36 bits per heavy atom. The van der Waals surface area contributed by atoms with Crippen molar-refractivity contribution in [3.05, 3.63) is 35.4 Å². The Morgan fingerprint density at radius 3 is 2.64 bits per heavy atom. The van der Waals surface area contributed by atoms with Gasteiger partial charge in [-0.15, -0.1) is 0 Å². The fourth-order valence-electron chi connectivity index (χ4n) is 2.47. The van der Waals surface area contributed by atoms with Crippen molar-refractivity contribution < 1.29 is 14.3 Å². The number of amides is 1. The van der Waals surface area contributed by atoms with Crippen molar-refractivity contribution in [3.8, 4) is 6.07 Å². The first-order valence-electron chi connectivity index (χ1n) is 7.24. The summed E-state index contributed by atoms with van der Waals surface area (Å²) in [5, 5.41) is 9.32. The number of carbonyl (C=O) groups excluding carboxylic acids is 2. The maximum atomic E-state index is 12.7. The van der Waals surface area contributed by atoms with Gasteiger partial charge >= 0.3 is 5.97 Å². The maximum Gasteiger partial charge on any atom is 0.349 e. The molecule has 22 heavy (non-hydrogen) atoms. The van der Waals surface area contributed by atoms with E-state index in [0.29, 0.717) is 12.1 Å². The largest absolute Gasteiger partial charge is 0.462 e. The second kappa shape index (κ2) is 6.44. The zero-order valence-electron chi connectivity index (χ0n) is 12.9. The van der Waals surface area contributed by atoms with Crippen LogP contribution in [0.5, 0.6) is 0 Å². The summed E-state index contributed by atoms with van der Waals surface area (Å²) in [6, 6.07) is 9.02. The lowest BCUT2D eigenvalue weighted by atomic mass is 10.0. The number of esters is 1. The molecule has 0 radical (unpaired) electrons. The fraction of sp³-hybridized carbons (Fsp3) is 0.353. The molecule has 0 N–H and O–H groups in total. The van der Waals surface area contributed by atoms with E-state index in [1.165, 1.54) is 0 Å². The Balaban J connectivity index is 2.60. The molecule has 1 aliphatic rings. The number of hydrogen-bond acceptors (Lipinski definition) is 4. The van der Waals surface area contributed by atoms with Gasteiger partial charge in [0.05, 0.1) is 17.9 Å². The zero-order chi connectivity index (χ0) is 16.3. The van der Waals surface area contributed by atoms with Crippen molar-refractivity contribution in [1.29, 1.82) is 5.26 Å². The maximum absolute atomic E-state index is 12.7. The number of nitrogens with zero attached hydrogens (tertiary/aromatic N) is 2. The molecule has 0 atom stereocenters. The Labute approximate surface area is 129 Å². The van der Waals surface area contributed by atoms with Gasteiger partial charge in [-0.1, -0.05) is 32.0 Å². The van der Waals surface area contributed by atoms with Gasteiger partial charge in [0.2, 0.25) is 0 Å². The number of para-hydroxylation sites is 1. The Bertz CT molecular complexity index is 683.